The Morgan fingerprint density at radius 3 is 2.57 bits per heavy atom. The van der Waals surface area contributed by atoms with Crippen LogP contribution in [0.2, 0.25) is 0 Å². The predicted octanol–water partition coefficient (Wildman–Crippen LogP) is 4.01. The molecule has 1 amide bonds. The summed E-state index contributed by atoms with van der Waals surface area (Å²) in [6.45, 7) is 3.99. The van der Waals surface area contributed by atoms with Crippen molar-refractivity contribution in [3.05, 3.63) is 58.1 Å². The Bertz CT molecular complexity index is 963. The number of carbonyl (C=O) groups excluding carboxylic acids is 1. The molecule has 1 N–H and O–H groups in total. The quantitative estimate of drug-likeness (QED) is 0.687. The van der Waals surface area contributed by atoms with Gasteiger partial charge in [-0.15, -0.1) is 0 Å². The summed E-state index contributed by atoms with van der Waals surface area (Å²) >= 11 is 9.26. The summed E-state index contributed by atoms with van der Waals surface area (Å²) < 4.78 is 7.46. The highest BCUT2D eigenvalue weighted by atomic mass is 79.9. The van der Waals surface area contributed by atoms with Crippen LogP contribution in [0, 0.1) is 12.8 Å². The third-order valence-corrected chi connectivity index (χ3v) is 6.25. The van der Waals surface area contributed by atoms with Crippen LogP contribution >= 0.6 is 28.1 Å². The van der Waals surface area contributed by atoms with Crippen LogP contribution in [0.25, 0.3) is 0 Å². The lowest BCUT2D eigenvalue weighted by Gasteiger charge is -2.56. The van der Waals surface area contributed by atoms with Gasteiger partial charge in [0.15, 0.2) is 10.8 Å². The van der Waals surface area contributed by atoms with Gasteiger partial charge in [-0.25, -0.2) is 0 Å². The normalized spacial score (nSPS) is 25.5. The molecule has 3 unspecified atom stereocenters. The van der Waals surface area contributed by atoms with E-state index in [0.717, 1.165) is 27.0 Å². The zero-order valence-electron chi connectivity index (χ0n) is 16.2. The molecule has 2 aromatic rings. The molecule has 0 saturated carbocycles. The Kier molecular flexibility index (Phi) is 4.62. The maximum absolute atomic E-state index is 13.3. The minimum Gasteiger partial charge on any atom is -0.467 e. The lowest BCUT2D eigenvalue weighted by atomic mass is 9.78. The molecular weight excluding hydrogens is 438 g/mol. The van der Waals surface area contributed by atoms with E-state index < -0.39 is 11.6 Å². The number of rotatable bonds is 2. The number of hydrogen-bond donors (Lipinski definition) is 1. The first kappa shape index (κ1) is 19.2. The summed E-state index contributed by atoms with van der Waals surface area (Å²) in [4.78, 5) is 16.8. The van der Waals surface area contributed by atoms with Crippen LogP contribution in [0.15, 0.2) is 46.9 Å². The molecule has 2 aliphatic heterocycles. The molecule has 2 aliphatic rings. The molecule has 0 spiro atoms. The molecule has 0 aliphatic carbocycles. The summed E-state index contributed by atoms with van der Waals surface area (Å²) in [7, 11) is 3.54. The van der Waals surface area contributed by atoms with Crippen LogP contribution in [-0.4, -0.2) is 35.7 Å². The van der Waals surface area contributed by atoms with Gasteiger partial charge in [0.05, 0.1) is 6.04 Å². The summed E-state index contributed by atoms with van der Waals surface area (Å²) in [5.41, 5.74) is 2.02. The molecule has 7 heteroatoms. The van der Waals surface area contributed by atoms with Crippen LogP contribution < -0.4 is 15.0 Å². The fraction of sp³-hybridized carbons (Fsp3) is 0.333. The maximum Gasteiger partial charge on any atom is 0.233 e. The summed E-state index contributed by atoms with van der Waals surface area (Å²) in [5, 5.41) is 3.96. The molecule has 146 valence electrons. The van der Waals surface area contributed by atoms with Gasteiger partial charge in [-0.1, -0.05) is 33.6 Å². The SMILES string of the molecule is Cc1ccc(N2C(=S)NC3c4cc(Br)ccc4OC2(C)C3C(=O)N(C)C)cc1. The second-order valence-corrected chi connectivity index (χ2v) is 8.95. The Morgan fingerprint density at radius 2 is 1.93 bits per heavy atom. The number of benzene rings is 2. The van der Waals surface area contributed by atoms with Gasteiger partial charge in [-0.2, -0.15) is 0 Å². The number of carbonyl (C=O) groups is 1. The third kappa shape index (κ3) is 2.88. The molecule has 2 bridgehead atoms. The van der Waals surface area contributed by atoms with E-state index in [4.69, 9.17) is 17.0 Å². The molecular formula is C21H22BrN3O2S. The average molecular weight is 460 g/mol. The molecule has 28 heavy (non-hydrogen) atoms. The standard InChI is InChI=1S/C21H22BrN3O2S/c1-12-5-8-14(9-6-12)25-20(28)23-18-15-11-13(22)7-10-16(15)27-21(25,2)17(18)19(26)24(3)4/h5-11,17-18H,1-4H3,(H,23,28). The van der Waals surface area contributed by atoms with Crippen molar-refractivity contribution < 1.29 is 9.53 Å². The fourth-order valence-corrected chi connectivity index (χ4v) is 4.88. The van der Waals surface area contributed by atoms with E-state index in [1.54, 1.807) is 19.0 Å². The van der Waals surface area contributed by atoms with E-state index in [-0.39, 0.29) is 11.9 Å². The largest absolute Gasteiger partial charge is 0.467 e. The lowest BCUT2D eigenvalue weighted by molar-refractivity contribution is -0.144. The summed E-state index contributed by atoms with van der Waals surface area (Å²) in [6, 6.07) is 13.7. The second-order valence-electron chi connectivity index (χ2n) is 7.65. The van der Waals surface area contributed by atoms with Crippen molar-refractivity contribution >= 4 is 44.9 Å². The van der Waals surface area contributed by atoms with Crippen molar-refractivity contribution in [2.24, 2.45) is 5.92 Å². The van der Waals surface area contributed by atoms with Gasteiger partial charge in [0, 0.05) is 29.8 Å². The van der Waals surface area contributed by atoms with Gasteiger partial charge in [-0.05, 0) is 56.4 Å². The molecule has 3 atom stereocenters. The van der Waals surface area contributed by atoms with Gasteiger partial charge < -0.3 is 15.0 Å². The van der Waals surface area contributed by atoms with Gasteiger partial charge in [0.1, 0.15) is 11.7 Å². The Morgan fingerprint density at radius 1 is 1.25 bits per heavy atom. The zero-order chi connectivity index (χ0) is 20.2. The number of nitrogens with zero attached hydrogens (tertiary/aromatic N) is 2. The van der Waals surface area contributed by atoms with Crippen molar-refractivity contribution in [3.63, 3.8) is 0 Å². The molecule has 0 aromatic heterocycles. The number of ether oxygens (including phenoxy) is 1. The topological polar surface area (TPSA) is 44.8 Å². The van der Waals surface area contributed by atoms with Crippen molar-refractivity contribution in [2.75, 3.05) is 19.0 Å². The van der Waals surface area contributed by atoms with Crippen LogP contribution in [0.3, 0.4) is 0 Å². The van der Waals surface area contributed by atoms with Crippen LogP contribution in [0.1, 0.15) is 24.1 Å². The molecule has 1 saturated heterocycles. The molecule has 2 aromatic carbocycles. The van der Waals surface area contributed by atoms with Crippen LogP contribution in [-0.2, 0) is 4.79 Å². The maximum atomic E-state index is 13.3. The van der Waals surface area contributed by atoms with Crippen molar-refractivity contribution in [2.45, 2.75) is 25.6 Å². The number of amides is 1. The summed E-state index contributed by atoms with van der Waals surface area (Å²) in [5.74, 6) is 0.271. The minimum absolute atomic E-state index is 0.00904. The number of hydrogen-bond acceptors (Lipinski definition) is 3. The predicted molar refractivity (Wildman–Crippen MR) is 117 cm³/mol. The first-order valence-corrected chi connectivity index (χ1v) is 10.3. The number of nitrogens with one attached hydrogen (secondary N) is 1. The Labute approximate surface area is 178 Å². The molecule has 4 rings (SSSR count). The van der Waals surface area contributed by atoms with Gasteiger partial charge in [0.25, 0.3) is 0 Å². The van der Waals surface area contributed by atoms with E-state index in [0.29, 0.717) is 5.11 Å². The first-order chi connectivity index (χ1) is 13.2. The Balaban J connectivity index is 1.91. The monoisotopic (exact) mass is 459 g/mol. The zero-order valence-corrected chi connectivity index (χ0v) is 18.6. The van der Waals surface area contributed by atoms with Crippen LogP contribution in [0.4, 0.5) is 5.69 Å². The van der Waals surface area contributed by atoms with E-state index in [1.165, 1.54) is 0 Å². The molecule has 2 heterocycles. The Hall–Kier alpha value is -2.12. The van der Waals surface area contributed by atoms with E-state index in [2.05, 4.69) is 21.2 Å². The van der Waals surface area contributed by atoms with Crippen molar-refractivity contribution in [1.29, 1.82) is 0 Å². The second kappa shape index (κ2) is 6.74. The van der Waals surface area contributed by atoms with Crippen LogP contribution in [0.5, 0.6) is 5.75 Å². The number of thiocarbonyl (C=S) groups is 1. The van der Waals surface area contributed by atoms with Gasteiger partial charge >= 0.3 is 0 Å². The van der Waals surface area contributed by atoms with Gasteiger partial charge in [0.2, 0.25) is 5.91 Å². The highest BCUT2D eigenvalue weighted by Gasteiger charge is 2.59. The average Bonchev–Trinajstić information content (AvgIpc) is 2.63. The minimum atomic E-state index is -0.954. The van der Waals surface area contributed by atoms with Crippen molar-refractivity contribution in [1.82, 2.24) is 10.2 Å². The number of anilines is 1. The van der Waals surface area contributed by atoms with E-state index in [9.17, 15) is 4.79 Å². The molecule has 1 fully saturated rings. The summed E-state index contributed by atoms with van der Waals surface area (Å²) in [6.07, 6.45) is 0. The number of aryl methyl sites for hydroxylation is 1. The molecule has 5 nitrogen and oxygen atoms in total. The fourth-order valence-electron chi connectivity index (χ4n) is 4.09. The van der Waals surface area contributed by atoms with Gasteiger partial charge in [-0.3, -0.25) is 9.69 Å². The number of fused-ring (bicyclic) bond motifs is 4. The lowest BCUT2D eigenvalue weighted by Crippen LogP contribution is -2.72. The number of halogens is 1. The molecule has 0 radical (unpaired) electrons. The van der Waals surface area contributed by atoms with E-state index >= 15 is 0 Å². The smallest absolute Gasteiger partial charge is 0.233 e. The first-order valence-electron chi connectivity index (χ1n) is 9.09. The highest BCUT2D eigenvalue weighted by Crippen LogP contribution is 2.50. The third-order valence-electron chi connectivity index (χ3n) is 5.46. The van der Waals surface area contributed by atoms with E-state index in [1.807, 2.05) is 61.2 Å². The highest BCUT2D eigenvalue weighted by molar-refractivity contribution is 9.10. The van der Waals surface area contributed by atoms with Crippen molar-refractivity contribution in [3.8, 4) is 5.75 Å².